The van der Waals surface area contributed by atoms with Gasteiger partial charge in [0.25, 0.3) is 5.91 Å². The molecule has 0 radical (unpaired) electrons. The first-order valence-electron chi connectivity index (χ1n) is 9.60. The Morgan fingerprint density at radius 3 is 2.52 bits per heavy atom. The van der Waals surface area contributed by atoms with Crippen LogP contribution in [0.2, 0.25) is 0 Å². The molecule has 1 fully saturated rings. The number of rotatable bonds is 5. The minimum atomic E-state index is -0.816. The number of carbonyl (C=O) groups excluding carboxylic acids is 3. The molecule has 1 aromatic carbocycles. The van der Waals surface area contributed by atoms with Gasteiger partial charge in [-0.15, -0.1) is 0 Å². The molecule has 0 bridgehead atoms. The summed E-state index contributed by atoms with van der Waals surface area (Å²) in [7, 11) is 0. The van der Waals surface area contributed by atoms with Crippen LogP contribution in [0.1, 0.15) is 62.9 Å². The fourth-order valence-electron chi connectivity index (χ4n) is 3.32. The van der Waals surface area contributed by atoms with E-state index in [9.17, 15) is 14.4 Å². The number of ether oxygens (including phenoxy) is 1. The van der Waals surface area contributed by atoms with Crippen LogP contribution in [-0.4, -0.2) is 41.4 Å². The Bertz CT molecular complexity index is 714. The van der Waals surface area contributed by atoms with Crippen LogP contribution in [0.15, 0.2) is 18.2 Å². The van der Waals surface area contributed by atoms with Gasteiger partial charge in [-0.3, -0.25) is 9.59 Å². The second-order valence-electron chi connectivity index (χ2n) is 7.66. The van der Waals surface area contributed by atoms with Gasteiger partial charge in [0.1, 0.15) is 0 Å². The van der Waals surface area contributed by atoms with Gasteiger partial charge in [0.05, 0.1) is 5.56 Å². The molecule has 1 aromatic rings. The van der Waals surface area contributed by atoms with Crippen LogP contribution in [0.25, 0.3) is 0 Å². The molecule has 0 aromatic heterocycles. The lowest BCUT2D eigenvalue weighted by Gasteiger charge is -2.36. The number of esters is 1. The summed E-state index contributed by atoms with van der Waals surface area (Å²) in [6, 6.07) is 5.15. The maximum Gasteiger partial charge on any atom is 0.338 e. The van der Waals surface area contributed by atoms with Gasteiger partial charge in [0.15, 0.2) is 6.10 Å². The molecule has 1 aliphatic rings. The van der Waals surface area contributed by atoms with Crippen molar-refractivity contribution < 1.29 is 19.1 Å². The molecule has 6 nitrogen and oxygen atoms in total. The van der Waals surface area contributed by atoms with E-state index < -0.39 is 12.1 Å². The summed E-state index contributed by atoms with van der Waals surface area (Å²) in [6.45, 7) is 9.76. The average Bonchev–Trinajstić information content (AvgIpc) is 2.60. The molecule has 6 heteroatoms. The van der Waals surface area contributed by atoms with Crippen LogP contribution >= 0.6 is 0 Å². The maximum atomic E-state index is 13.0. The first-order valence-corrected chi connectivity index (χ1v) is 9.60. The number of nitrogens with zero attached hydrogens (tertiary/aromatic N) is 1. The Balaban J connectivity index is 2.17. The van der Waals surface area contributed by atoms with E-state index in [1.165, 1.54) is 6.92 Å². The normalized spacial score (nSPS) is 18.1. The van der Waals surface area contributed by atoms with Gasteiger partial charge >= 0.3 is 5.97 Å². The van der Waals surface area contributed by atoms with Crippen LogP contribution in [0, 0.1) is 12.8 Å². The second-order valence-corrected chi connectivity index (χ2v) is 7.66. The molecule has 2 amide bonds. The van der Waals surface area contributed by atoms with Crippen molar-refractivity contribution in [3.8, 4) is 0 Å². The van der Waals surface area contributed by atoms with E-state index >= 15 is 0 Å². The van der Waals surface area contributed by atoms with Crippen molar-refractivity contribution in [3.63, 3.8) is 0 Å². The smallest absolute Gasteiger partial charge is 0.338 e. The van der Waals surface area contributed by atoms with E-state index in [0.29, 0.717) is 17.8 Å². The third-order valence-corrected chi connectivity index (χ3v) is 4.95. The third kappa shape index (κ3) is 5.31. The Kier molecular flexibility index (Phi) is 6.99. The molecular weight excluding hydrogens is 344 g/mol. The number of carbonyl (C=O) groups is 3. The molecule has 1 N–H and O–H groups in total. The summed E-state index contributed by atoms with van der Waals surface area (Å²) in [5, 5.41) is 2.70. The SMILES string of the molecule is CC(=O)Nc1cc(C(=O)O[C@@H](C(=O)N2CCCC[C@@H]2C)C(C)C)ccc1C. The molecule has 27 heavy (non-hydrogen) atoms. The van der Waals surface area contributed by atoms with Crippen LogP contribution in [0.4, 0.5) is 5.69 Å². The first-order chi connectivity index (χ1) is 12.7. The predicted octanol–water partition coefficient (Wildman–Crippen LogP) is 3.54. The molecule has 0 saturated carbocycles. The lowest BCUT2D eigenvalue weighted by molar-refractivity contribution is -0.146. The average molecular weight is 374 g/mol. The molecule has 148 valence electrons. The van der Waals surface area contributed by atoms with E-state index in [2.05, 4.69) is 5.32 Å². The molecule has 1 heterocycles. The van der Waals surface area contributed by atoms with Gasteiger partial charge in [-0.1, -0.05) is 19.9 Å². The number of hydrogen-bond donors (Lipinski definition) is 1. The molecule has 1 saturated heterocycles. The predicted molar refractivity (Wildman–Crippen MR) is 105 cm³/mol. The molecule has 0 unspecified atom stereocenters. The van der Waals surface area contributed by atoms with Crippen molar-refractivity contribution in [3.05, 3.63) is 29.3 Å². The molecule has 0 spiro atoms. The topological polar surface area (TPSA) is 75.7 Å². The highest BCUT2D eigenvalue weighted by Gasteiger charge is 2.34. The zero-order valence-electron chi connectivity index (χ0n) is 16.9. The van der Waals surface area contributed by atoms with Gasteiger partial charge in [0.2, 0.25) is 5.91 Å². The Morgan fingerprint density at radius 1 is 1.22 bits per heavy atom. The summed E-state index contributed by atoms with van der Waals surface area (Å²) in [6.07, 6.45) is 2.26. The van der Waals surface area contributed by atoms with Crippen LogP contribution in [-0.2, 0) is 14.3 Å². The Hall–Kier alpha value is -2.37. The van der Waals surface area contributed by atoms with E-state index in [4.69, 9.17) is 4.74 Å². The molecule has 1 aliphatic heterocycles. The van der Waals surface area contributed by atoms with Crippen molar-refractivity contribution in [2.24, 2.45) is 5.92 Å². The van der Waals surface area contributed by atoms with Crippen molar-refractivity contribution in [2.75, 3.05) is 11.9 Å². The van der Waals surface area contributed by atoms with Crippen LogP contribution in [0.3, 0.4) is 0 Å². The summed E-state index contributed by atoms with van der Waals surface area (Å²) >= 11 is 0. The highest BCUT2D eigenvalue weighted by molar-refractivity contribution is 5.95. The summed E-state index contributed by atoms with van der Waals surface area (Å²) in [5.74, 6) is -1.02. The quantitative estimate of drug-likeness (QED) is 0.800. The second kappa shape index (κ2) is 9.02. The highest BCUT2D eigenvalue weighted by Crippen LogP contribution is 2.23. The molecule has 2 rings (SSSR count). The van der Waals surface area contributed by atoms with Crippen LogP contribution < -0.4 is 5.32 Å². The standard InChI is InChI=1S/C21H30N2O4/c1-13(2)19(20(25)23-11-7-6-8-15(23)4)27-21(26)17-10-9-14(3)18(12-17)22-16(5)24/h9-10,12-13,15,19H,6-8,11H2,1-5H3,(H,22,24)/t15-,19+/m0/s1. The lowest BCUT2D eigenvalue weighted by atomic mass is 9.99. The third-order valence-electron chi connectivity index (χ3n) is 4.95. The van der Waals surface area contributed by atoms with Crippen molar-refractivity contribution >= 4 is 23.5 Å². The number of likely N-dealkylation sites (tertiary alicyclic amines) is 1. The van der Waals surface area contributed by atoms with Gasteiger partial charge in [-0.25, -0.2) is 4.79 Å². The molecular formula is C21H30N2O4. The van der Waals surface area contributed by atoms with E-state index in [1.807, 2.05) is 32.6 Å². The van der Waals surface area contributed by atoms with Gasteiger partial charge in [-0.2, -0.15) is 0 Å². The number of anilines is 1. The zero-order chi connectivity index (χ0) is 20.1. The van der Waals surface area contributed by atoms with E-state index in [1.54, 1.807) is 18.2 Å². The van der Waals surface area contributed by atoms with Crippen molar-refractivity contribution in [1.29, 1.82) is 0 Å². The number of hydrogen-bond acceptors (Lipinski definition) is 4. The van der Waals surface area contributed by atoms with Gasteiger partial charge in [-0.05, 0) is 56.7 Å². The van der Waals surface area contributed by atoms with Gasteiger partial charge in [0, 0.05) is 25.2 Å². The maximum absolute atomic E-state index is 13.0. The van der Waals surface area contributed by atoms with Crippen molar-refractivity contribution in [1.82, 2.24) is 4.90 Å². The zero-order valence-corrected chi connectivity index (χ0v) is 16.9. The summed E-state index contributed by atoms with van der Waals surface area (Å²) in [4.78, 5) is 38.8. The number of piperidine rings is 1. The van der Waals surface area contributed by atoms with E-state index in [0.717, 1.165) is 24.8 Å². The fourth-order valence-corrected chi connectivity index (χ4v) is 3.32. The monoisotopic (exact) mass is 374 g/mol. The number of aryl methyl sites for hydroxylation is 1. The fraction of sp³-hybridized carbons (Fsp3) is 0.571. The lowest BCUT2D eigenvalue weighted by Crippen LogP contribution is -2.49. The number of amides is 2. The number of benzene rings is 1. The highest BCUT2D eigenvalue weighted by atomic mass is 16.5. The summed E-state index contributed by atoms with van der Waals surface area (Å²) < 4.78 is 5.62. The Labute approximate surface area is 161 Å². The largest absolute Gasteiger partial charge is 0.448 e. The Morgan fingerprint density at radius 2 is 1.93 bits per heavy atom. The molecule has 0 aliphatic carbocycles. The van der Waals surface area contributed by atoms with Gasteiger partial charge < -0.3 is 15.0 Å². The van der Waals surface area contributed by atoms with Crippen molar-refractivity contribution in [2.45, 2.75) is 66.0 Å². The van der Waals surface area contributed by atoms with Crippen LogP contribution in [0.5, 0.6) is 0 Å². The van der Waals surface area contributed by atoms with E-state index in [-0.39, 0.29) is 23.8 Å². The minimum absolute atomic E-state index is 0.125. The first kappa shape index (κ1) is 20.9. The number of nitrogens with one attached hydrogen (secondary N) is 1. The minimum Gasteiger partial charge on any atom is -0.448 e. The molecule has 2 atom stereocenters. The summed E-state index contributed by atoms with van der Waals surface area (Å²) in [5.41, 5.74) is 1.73.